The third-order valence-electron chi connectivity index (χ3n) is 3.38. The standard InChI is InChI=1S/C14H19BrN2O2/c15-12-4-1-5-13(9-12)19-8-7-17-6-2-3-11(10-17)14(16)18/h1,4-5,9,11H,2-3,6-8,10H2,(H2,16,18). The average molecular weight is 327 g/mol. The third-order valence-corrected chi connectivity index (χ3v) is 3.87. The highest BCUT2D eigenvalue weighted by molar-refractivity contribution is 9.10. The highest BCUT2D eigenvalue weighted by Crippen LogP contribution is 2.18. The monoisotopic (exact) mass is 326 g/mol. The molecule has 1 saturated heterocycles. The quantitative estimate of drug-likeness (QED) is 0.900. The molecule has 2 rings (SSSR count). The van der Waals surface area contributed by atoms with Gasteiger partial charge in [0.25, 0.3) is 0 Å². The number of carbonyl (C=O) groups excluding carboxylic acids is 1. The van der Waals surface area contributed by atoms with E-state index in [1.807, 2.05) is 24.3 Å². The third kappa shape index (κ3) is 4.51. The van der Waals surface area contributed by atoms with Crippen LogP contribution in [0.25, 0.3) is 0 Å². The van der Waals surface area contributed by atoms with Gasteiger partial charge in [0.1, 0.15) is 12.4 Å². The molecule has 5 heteroatoms. The highest BCUT2D eigenvalue weighted by atomic mass is 79.9. The SMILES string of the molecule is NC(=O)C1CCCN(CCOc2cccc(Br)c2)C1. The fourth-order valence-electron chi connectivity index (χ4n) is 2.34. The zero-order valence-electron chi connectivity index (χ0n) is 10.8. The number of hydrogen-bond donors (Lipinski definition) is 1. The van der Waals surface area contributed by atoms with Gasteiger partial charge in [0.15, 0.2) is 0 Å². The van der Waals surface area contributed by atoms with E-state index in [0.717, 1.165) is 42.7 Å². The van der Waals surface area contributed by atoms with Gasteiger partial charge in [-0.15, -0.1) is 0 Å². The minimum absolute atomic E-state index is 0.000352. The second-order valence-electron chi connectivity index (χ2n) is 4.85. The summed E-state index contributed by atoms with van der Waals surface area (Å²) in [5.74, 6) is 0.676. The van der Waals surface area contributed by atoms with Crippen molar-refractivity contribution in [3.8, 4) is 5.75 Å². The number of likely N-dealkylation sites (tertiary alicyclic amines) is 1. The van der Waals surface area contributed by atoms with Crippen molar-refractivity contribution in [3.05, 3.63) is 28.7 Å². The number of amides is 1. The Balaban J connectivity index is 1.75. The molecule has 0 radical (unpaired) electrons. The molecule has 0 saturated carbocycles. The van der Waals surface area contributed by atoms with E-state index in [1.54, 1.807) is 0 Å². The molecule has 1 aliphatic rings. The number of carbonyl (C=O) groups is 1. The van der Waals surface area contributed by atoms with E-state index in [0.29, 0.717) is 6.61 Å². The van der Waals surface area contributed by atoms with Crippen molar-refractivity contribution < 1.29 is 9.53 Å². The van der Waals surface area contributed by atoms with Crippen LogP contribution in [-0.2, 0) is 4.79 Å². The van der Waals surface area contributed by atoms with Crippen molar-refractivity contribution in [3.63, 3.8) is 0 Å². The maximum absolute atomic E-state index is 11.2. The van der Waals surface area contributed by atoms with Crippen molar-refractivity contribution >= 4 is 21.8 Å². The maximum Gasteiger partial charge on any atom is 0.221 e. The van der Waals surface area contributed by atoms with Gasteiger partial charge in [0.05, 0.1) is 5.92 Å². The molecular weight excluding hydrogens is 308 g/mol. The first-order chi connectivity index (χ1) is 9.15. The molecule has 1 aromatic carbocycles. The molecule has 19 heavy (non-hydrogen) atoms. The first-order valence-electron chi connectivity index (χ1n) is 6.55. The molecule has 1 fully saturated rings. The number of rotatable bonds is 5. The van der Waals surface area contributed by atoms with Crippen LogP contribution in [0.1, 0.15) is 12.8 Å². The predicted octanol–water partition coefficient (Wildman–Crippen LogP) is 2.03. The summed E-state index contributed by atoms with van der Waals surface area (Å²) < 4.78 is 6.71. The Bertz CT molecular complexity index is 439. The first kappa shape index (κ1) is 14.3. The van der Waals surface area contributed by atoms with Crippen LogP contribution >= 0.6 is 15.9 Å². The molecule has 1 aliphatic heterocycles. The Hall–Kier alpha value is -1.07. The lowest BCUT2D eigenvalue weighted by atomic mass is 9.98. The molecule has 1 amide bonds. The molecule has 0 bridgehead atoms. The Morgan fingerprint density at radius 1 is 1.53 bits per heavy atom. The van der Waals surface area contributed by atoms with Gasteiger partial charge in [-0.25, -0.2) is 0 Å². The molecule has 2 N–H and O–H groups in total. The van der Waals surface area contributed by atoms with E-state index in [4.69, 9.17) is 10.5 Å². The first-order valence-corrected chi connectivity index (χ1v) is 7.34. The minimum atomic E-state index is -0.183. The van der Waals surface area contributed by atoms with E-state index in [-0.39, 0.29) is 11.8 Å². The second kappa shape index (κ2) is 6.91. The fraction of sp³-hybridized carbons (Fsp3) is 0.500. The fourth-order valence-corrected chi connectivity index (χ4v) is 2.72. The number of benzene rings is 1. The van der Waals surface area contributed by atoms with Crippen molar-refractivity contribution in [2.24, 2.45) is 11.7 Å². The highest BCUT2D eigenvalue weighted by Gasteiger charge is 2.23. The van der Waals surface area contributed by atoms with Gasteiger partial charge in [-0.3, -0.25) is 9.69 Å². The molecule has 4 nitrogen and oxygen atoms in total. The number of nitrogens with two attached hydrogens (primary N) is 1. The molecule has 0 aliphatic carbocycles. The largest absolute Gasteiger partial charge is 0.492 e. The van der Waals surface area contributed by atoms with Gasteiger partial charge in [-0.05, 0) is 37.6 Å². The summed E-state index contributed by atoms with van der Waals surface area (Å²) >= 11 is 3.41. The molecular formula is C14H19BrN2O2. The van der Waals surface area contributed by atoms with Crippen LogP contribution in [0.3, 0.4) is 0 Å². The second-order valence-corrected chi connectivity index (χ2v) is 5.76. The Labute approximate surface area is 122 Å². The Kier molecular flexibility index (Phi) is 5.22. The van der Waals surface area contributed by atoms with Gasteiger partial charge >= 0.3 is 0 Å². The topological polar surface area (TPSA) is 55.6 Å². The summed E-state index contributed by atoms with van der Waals surface area (Å²) in [6.07, 6.45) is 1.95. The minimum Gasteiger partial charge on any atom is -0.492 e. The summed E-state index contributed by atoms with van der Waals surface area (Å²) in [6.45, 7) is 3.24. The van der Waals surface area contributed by atoms with E-state index in [9.17, 15) is 4.79 Å². The lowest BCUT2D eigenvalue weighted by Crippen LogP contribution is -2.42. The van der Waals surface area contributed by atoms with Crippen LogP contribution < -0.4 is 10.5 Å². The number of primary amides is 1. The smallest absolute Gasteiger partial charge is 0.221 e. The zero-order valence-corrected chi connectivity index (χ0v) is 12.4. The number of halogens is 1. The Morgan fingerprint density at radius 2 is 2.37 bits per heavy atom. The summed E-state index contributed by atoms with van der Waals surface area (Å²) in [5, 5.41) is 0. The predicted molar refractivity (Wildman–Crippen MR) is 78.0 cm³/mol. The molecule has 1 atom stereocenters. The van der Waals surface area contributed by atoms with Crippen LogP contribution in [0, 0.1) is 5.92 Å². The normalized spacial score (nSPS) is 20.2. The van der Waals surface area contributed by atoms with Crippen LogP contribution in [0.4, 0.5) is 0 Å². The molecule has 1 heterocycles. The summed E-state index contributed by atoms with van der Waals surface area (Å²) in [7, 11) is 0. The maximum atomic E-state index is 11.2. The molecule has 1 aromatic rings. The zero-order chi connectivity index (χ0) is 13.7. The van der Waals surface area contributed by atoms with Crippen molar-refractivity contribution in [2.45, 2.75) is 12.8 Å². The Morgan fingerprint density at radius 3 is 3.11 bits per heavy atom. The van der Waals surface area contributed by atoms with Crippen molar-refractivity contribution in [1.29, 1.82) is 0 Å². The van der Waals surface area contributed by atoms with E-state index >= 15 is 0 Å². The summed E-state index contributed by atoms with van der Waals surface area (Å²) in [5.41, 5.74) is 5.36. The van der Waals surface area contributed by atoms with Gasteiger partial charge in [-0.2, -0.15) is 0 Å². The number of ether oxygens (including phenoxy) is 1. The van der Waals surface area contributed by atoms with E-state index in [2.05, 4.69) is 20.8 Å². The van der Waals surface area contributed by atoms with Crippen LogP contribution in [0.2, 0.25) is 0 Å². The van der Waals surface area contributed by atoms with Gasteiger partial charge in [0, 0.05) is 17.6 Å². The van der Waals surface area contributed by atoms with Crippen molar-refractivity contribution in [1.82, 2.24) is 4.90 Å². The number of hydrogen-bond acceptors (Lipinski definition) is 3. The van der Waals surface area contributed by atoms with Gasteiger partial charge < -0.3 is 10.5 Å². The van der Waals surface area contributed by atoms with E-state index < -0.39 is 0 Å². The molecule has 0 aromatic heterocycles. The van der Waals surface area contributed by atoms with E-state index in [1.165, 1.54) is 0 Å². The summed E-state index contributed by atoms with van der Waals surface area (Å²) in [4.78, 5) is 13.4. The molecule has 0 spiro atoms. The van der Waals surface area contributed by atoms with Crippen LogP contribution in [0.15, 0.2) is 28.7 Å². The lowest BCUT2D eigenvalue weighted by molar-refractivity contribution is -0.123. The number of piperidine rings is 1. The average Bonchev–Trinajstić information content (AvgIpc) is 2.39. The van der Waals surface area contributed by atoms with Crippen LogP contribution in [0.5, 0.6) is 5.75 Å². The molecule has 104 valence electrons. The van der Waals surface area contributed by atoms with Gasteiger partial charge in [-0.1, -0.05) is 22.0 Å². The summed E-state index contributed by atoms with van der Waals surface area (Å²) in [6, 6.07) is 7.80. The van der Waals surface area contributed by atoms with Crippen molar-refractivity contribution in [2.75, 3.05) is 26.2 Å². The number of nitrogens with zero attached hydrogens (tertiary/aromatic N) is 1. The lowest BCUT2D eigenvalue weighted by Gasteiger charge is -2.30. The van der Waals surface area contributed by atoms with Crippen LogP contribution in [-0.4, -0.2) is 37.0 Å². The molecule has 1 unspecified atom stereocenters. The van der Waals surface area contributed by atoms with Gasteiger partial charge in [0.2, 0.25) is 5.91 Å².